The van der Waals surface area contributed by atoms with Crippen LogP contribution in [0.2, 0.25) is 0 Å². The predicted octanol–water partition coefficient (Wildman–Crippen LogP) is 5.07. The van der Waals surface area contributed by atoms with Crippen molar-refractivity contribution >= 4 is 5.69 Å². The molecule has 1 heteroatoms. The van der Waals surface area contributed by atoms with Crippen molar-refractivity contribution in [1.82, 2.24) is 0 Å². The molecule has 20 heavy (non-hydrogen) atoms. The second-order valence-corrected chi connectivity index (χ2v) is 7.44. The third-order valence-corrected chi connectivity index (χ3v) is 4.78. The molecule has 0 saturated carbocycles. The number of para-hydroxylation sites is 1. The second-order valence-electron chi connectivity index (χ2n) is 7.44. The van der Waals surface area contributed by atoms with E-state index in [1.807, 2.05) is 0 Å². The highest BCUT2D eigenvalue weighted by Crippen LogP contribution is 2.42. The van der Waals surface area contributed by atoms with Crippen molar-refractivity contribution in [2.45, 2.75) is 66.8 Å². The summed E-state index contributed by atoms with van der Waals surface area (Å²) in [6.45, 7) is 15.3. The maximum atomic E-state index is 2.72. The first-order valence-electron chi connectivity index (χ1n) is 8.27. The number of nitrogens with zero attached hydrogens (tertiary/aromatic N) is 1. The topological polar surface area (TPSA) is 3.24 Å². The summed E-state index contributed by atoms with van der Waals surface area (Å²) in [7, 11) is 0. The summed E-state index contributed by atoms with van der Waals surface area (Å²) in [4.78, 5) is 2.72. The van der Waals surface area contributed by atoms with Gasteiger partial charge in [-0.15, -0.1) is 0 Å². The van der Waals surface area contributed by atoms with E-state index in [0.29, 0.717) is 17.4 Å². The molecule has 1 atom stereocenters. The maximum Gasteiger partial charge on any atom is 0.0433 e. The van der Waals surface area contributed by atoms with Gasteiger partial charge < -0.3 is 4.90 Å². The Hall–Kier alpha value is -0.980. The van der Waals surface area contributed by atoms with E-state index in [1.54, 1.807) is 5.69 Å². The Morgan fingerprint density at radius 3 is 2.15 bits per heavy atom. The van der Waals surface area contributed by atoms with Gasteiger partial charge in [-0.3, -0.25) is 0 Å². The largest absolute Gasteiger partial charge is 0.367 e. The fourth-order valence-electron chi connectivity index (χ4n) is 3.74. The van der Waals surface area contributed by atoms with Crippen LogP contribution in [-0.2, 0) is 12.8 Å². The van der Waals surface area contributed by atoms with Crippen LogP contribution in [0.15, 0.2) is 18.2 Å². The van der Waals surface area contributed by atoms with Gasteiger partial charge in [0.05, 0.1) is 0 Å². The first-order valence-corrected chi connectivity index (χ1v) is 8.27. The van der Waals surface area contributed by atoms with Crippen LogP contribution in [0, 0.1) is 11.3 Å². The molecule has 0 spiro atoms. The van der Waals surface area contributed by atoms with E-state index in [-0.39, 0.29) is 0 Å². The molecule has 1 aromatic carbocycles. The molecule has 1 fully saturated rings. The molecule has 1 aliphatic rings. The number of aryl methyl sites for hydroxylation is 2. The van der Waals surface area contributed by atoms with E-state index in [4.69, 9.17) is 0 Å². The van der Waals surface area contributed by atoms with Crippen molar-refractivity contribution in [1.29, 1.82) is 0 Å². The van der Waals surface area contributed by atoms with E-state index in [1.165, 1.54) is 24.1 Å². The SMILES string of the molecule is CCc1cccc(CC)c1N1CC(C)(C)C[C@@H]1C(C)C. The highest BCUT2D eigenvalue weighted by molar-refractivity contribution is 5.61. The van der Waals surface area contributed by atoms with Crippen molar-refractivity contribution in [3.63, 3.8) is 0 Å². The van der Waals surface area contributed by atoms with Gasteiger partial charge in [0.25, 0.3) is 0 Å². The molecule has 1 nitrogen and oxygen atoms in total. The van der Waals surface area contributed by atoms with Crippen LogP contribution in [-0.4, -0.2) is 12.6 Å². The van der Waals surface area contributed by atoms with Crippen LogP contribution in [0.25, 0.3) is 0 Å². The Bertz CT molecular complexity index is 437. The van der Waals surface area contributed by atoms with E-state index in [0.717, 1.165) is 12.8 Å². The molecule has 2 rings (SSSR count). The van der Waals surface area contributed by atoms with Gasteiger partial charge in [0.2, 0.25) is 0 Å². The molecular formula is C19H31N. The highest BCUT2D eigenvalue weighted by atomic mass is 15.2. The van der Waals surface area contributed by atoms with Gasteiger partial charge in [0.1, 0.15) is 0 Å². The molecule has 0 aliphatic carbocycles. The molecule has 0 amide bonds. The summed E-state index contributed by atoms with van der Waals surface area (Å²) in [6.07, 6.45) is 3.57. The summed E-state index contributed by atoms with van der Waals surface area (Å²) >= 11 is 0. The quantitative estimate of drug-likeness (QED) is 0.740. The van der Waals surface area contributed by atoms with Crippen molar-refractivity contribution in [2.75, 3.05) is 11.4 Å². The lowest BCUT2D eigenvalue weighted by molar-refractivity contribution is 0.377. The summed E-state index contributed by atoms with van der Waals surface area (Å²) < 4.78 is 0. The average Bonchev–Trinajstić information content (AvgIpc) is 2.73. The van der Waals surface area contributed by atoms with Crippen molar-refractivity contribution in [2.24, 2.45) is 11.3 Å². The number of hydrogen-bond acceptors (Lipinski definition) is 1. The van der Waals surface area contributed by atoms with Gasteiger partial charge in [-0.1, -0.05) is 59.7 Å². The molecule has 1 aliphatic heterocycles. The Kier molecular flexibility index (Phi) is 4.46. The Morgan fingerprint density at radius 2 is 1.70 bits per heavy atom. The zero-order valence-corrected chi connectivity index (χ0v) is 14.2. The Labute approximate surface area is 125 Å². The van der Waals surface area contributed by atoms with E-state index in [9.17, 15) is 0 Å². The maximum absolute atomic E-state index is 2.72. The molecular weight excluding hydrogens is 242 g/mol. The molecule has 1 saturated heterocycles. The highest BCUT2D eigenvalue weighted by Gasteiger charge is 2.39. The molecule has 0 radical (unpaired) electrons. The third kappa shape index (κ3) is 2.87. The normalized spacial score (nSPS) is 21.8. The molecule has 0 unspecified atom stereocenters. The summed E-state index contributed by atoms with van der Waals surface area (Å²) in [5.41, 5.74) is 5.02. The van der Waals surface area contributed by atoms with Crippen LogP contribution in [0.1, 0.15) is 59.1 Å². The first-order chi connectivity index (χ1) is 9.39. The number of anilines is 1. The van der Waals surface area contributed by atoms with E-state index >= 15 is 0 Å². The van der Waals surface area contributed by atoms with E-state index < -0.39 is 0 Å². The Morgan fingerprint density at radius 1 is 1.15 bits per heavy atom. The zero-order chi connectivity index (χ0) is 14.9. The van der Waals surface area contributed by atoms with Crippen LogP contribution in [0.5, 0.6) is 0 Å². The second kappa shape index (κ2) is 5.79. The van der Waals surface area contributed by atoms with Crippen LogP contribution in [0.3, 0.4) is 0 Å². The fraction of sp³-hybridized carbons (Fsp3) is 0.684. The van der Waals surface area contributed by atoms with Gasteiger partial charge >= 0.3 is 0 Å². The van der Waals surface area contributed by atoms with Crippen LogP contribution in [0.4, 0.5) is 5.69 Å². The van der Waals surface area contributed by atoms with Crippen LogP contribution < -0.4 is 4.90 Å². The van der Waals surface area contributed by atoms with Crippen molar-refractivity contribution in [3.05, 3.63) is 29.3 Å². The lowest BCUT2D eigenvalue weighted by Crippen LogP contribution is -2.35. The van der Waals surface area contributed by atoms with Gasteiger partial charge in [-0.2, -0.15) is 0 Å². The molecule has 112 valence electrons. The number of benzene rings is 1. The molecule has 0 bridgehead atoms. The van der Waals surface area contributed by atoms with Gasteiger partial charge in [0, 0.05) is 18.3 Å². The van der Waals surface area contributed by atoms with Crippen molar-refractivity contribution < 1.29 is 0 Å². The molecule has 0 N–H and O–H groups in total. The average molecular weight is 273 g/mol. The predicted molar refractivity (Wildman–Crippen MR) is 89.6 cm³/mol. The van der Waals surface area contributed by atoms with Gasteiger partial charge in [0.15, 0.2) is 0 Å². The number of hydrogen-bond donors (Lipinski definition) is 0. The molecule has 1 heterocycles. The van der Waals surface area contributed by atoms with Gasteiger partial charge in [-0.25, -0.2) is 0 Å². The standard InChI is InChI=1S/C19H31N/c1-7-15-10-9-11-16(8-2)18(15)20-13-19(5,6)12-17(20)14(3)4/h9-11,14,17H,7-8,12-13H2,1-6H3/t17-/m1/s1. The van der Waals surface area contributed by atoms with Crippen LogP contribution >= 0.6 is 0 Å². The first kappa shape index (κ1) is 15.4. The lowest BCUT2D eigenvalue weighted by Gasteiger charge is -2.33. The summed E-state index contributed by atoms with van der Waals surface area (Å²) in [5.74, 6) is 0.714. The summed E-state index contributed by atoms with van der Waals surface area (Å²) in [5, 5.41) is 0. The minimum absolute atomic E-state index is 0.431. The summed E-state index contributed by atoms with van der Waals surface area (Å²) in [6, 6.07) is 7.55. The monoisotopic (exact) mass is 273 g/mol. The smallest absolute Gasteiger partial charge is 0.0433 e. The van der Waals surface area contributed by atoms with Gasteiger partial charge in [-0.05, 0) is 41.7 Å². The zero-order valence-electron chi connectivity index (χ0n) is 14.2. The van der Waals surface area contributed by atoms with Crippen molar-refractivity contribution in [3.8, 4) is 0 Å². The minimum atomic E-state index is 0.431. The number of rotatable bonds is 4. The fourth-order valence-corrected chi connectivity index (χ4v) is 3.74. The minimum Gasteiger partial charge on any atom is -0.367 e. The molecule has 1 aromatic rings. The van der Waals surface area contributed by atoms with E-state index in [2.05, 4.69) is 64.6 Å². The lowest BCUT2D eigenvalue weighted by atomic mass is 9.87. The molecule has 0 aromatic heterocycles. The third-order valence-electron chi connectivity index (χ3n) is 4.78. The Balaban J connectivity index is 2.48.